The highest BCUT2D eigenvalue weighted by Gasteiger charge is 2.22. The van der Waals surface area contributed by atoms with Crippen molar-refractivity contribution in [1.29, 1.82) is 0 Å². The van der Waals surface area contributed by atoms with Crippen molar-refractivity contribution < 1.29 is 9.72 Å². The number of hydrogen-bond acceptors (Lipinski definition) is 8. The van der Waals surface area contributed by atoms with Crippen LogP contribution < -0.4 is 5.32 Å². The van der Waals surface area contributed by atoms with E-state index in [1.807, 2.05) is 6.92 Å². The number of nitrogens with zero attached hydrogens (tertiary/aromatic N) is 3. The van der Waals surface area contributed by atoms with Gasteiger partial charge in [0.15, 0.2) is 5.13 Å². The van der Waals surface area contributed by atoms with Crippen LogP contribution in [0.2, 0.25) is 0 Å². The highest BCUT2D eigenvalue weighted by atomic mass is 32.2. The number of carbonyl (C=O) groups is 1. The fraction of sp³-hybridized carbons (Fsp3) is 0.357. The zero-order valence-corrected chi connectivity index (χ0v) is 15.2. The van der Waals surface area contributed by atoms with E-state index < -0.39 is 4.92 Å². The largest absolute Gasteiger partial charge is 0.301 e. The summed E-state index contributed by atoms with van der Waals surface area (Å²) < 4.78 is 1.63. The second-order valence-corrected chi connectivity index (χ2v) is 8.49. The molecule has 0 saturated heterocycles. The van der Waals surface area contributed by atoms with E-state index in [1.165, 1.54) is 35.2 Å². The minimum atomic E-state index is -0.443. The summed E-state index contributed by atoms with van der Waals surface area (Å²) in [5.74, 6) is 0.850. The first-order valence-corrected chi connectivity index (χ1v) is 9.94. The molecule has 1 unspecified atom stereocenters. The quantitative estimate of drug-likeness (QED) is 0.625. The Hall–Kier alpha value is -1.65. The van der Waals surface area contributed by atoms with Gasteiger partial charge >= 0.3 is 0 Å². The molecule has 1 amide bonds. The number of hydrogen-bond donors (Lipinski definition) is 1. The van der Waals surface area contributed by atoms with Gasteiger partial charge in [0.25, 0.3) is 5.69 Å². The maximum Gasteiger partial charge on any atom is 0.270 e. The highest BCUT2D eigenvalue weighted by molar-refractivity contribution is 8.39. The lowest BCUT2D eigenvalue weighted by Crippen LogP contribution is -2.25. The summed E-state index contributed by atoms with van der Waals surface area (Å²) in [6, 6.07) is 4.47. The molecule has 1 aromatic carbocycles. The second kappa shape index (κ2) is 7.49. The lowest BCUT2D eigenvalue weighted by atomic mass is 10.3. The second-order valence-electron chi connectivity index (χ2n) is 4.93. The molecule has 1 atom stereocenters. The maximum atomic E-state index is 12.4. The fourth-order valence-electron chi connectivity index (χ4n) is 2.10. The van der Waals surface area contributed by atoms with E-state index in [1.54, 1.807) is 17.8 Å². The summed E-state index contributed by atoms with van der Waals surface area (Å²) >= 11 is 4.39. The molecule has 0 aliphatic carbocycles. The van der Waals surface area contributed by atoms with E-state index in [-0.39, 0.29) is 16.8 Å². The van der Waals surface area contributed by atoms with Gasteiger partial charge < -0.3 is 5.32 Å². The summed E-state index contributed by atoms with van der Waals surface area (Å²) in [6.45, 7) is 2.76. The molecule has 2 heterocycles. The number of amides is 1. The monoisotopic (exact) mass is 382 g/mol. The zero-order valence-electron chi connectivity index (χ0n) is 12.7. The number of nitrogens with one attached hydrogen (secondary N) is 1. The molecule has 0 radical (unpaired) electrons. The number of fused-ring (bicyclic) bond motifs is 1. The Bertz CT molecular complexity index is 821. The highest BCUT2D eigenvalue weighted by Crippen LogP contribution is 2.31. The molecule has 1 aromatic heterocycles. The normalized spacial score (nSPS) is 15.3. The molecule has 10 heteroatoms. The number of thiazole rings is 1. The van der Waals surface area contributed by atoms with Gasteiger partial charge in [-0.3, -0.25) is 19.9 Å². The topological polar surface area (TPSA) is 97.5 Å². The zero-order chi connectivity index (χ0) is 17.1. The number of rotatable bonds is 5. The SMILES string of the molecule is CCC(SC1=NCCS1)C(=O)Nc1nc2ccc([N+](=O)[O-])cc2s1. The number of aliphatic imine (C=N–C) groups is 1. The summed E-state index contributed by atoms with van der Waals surface area (Å²) in [5.41, 5.74) is 0.652. The van der Waals surface area contributed by atoms with Gasteiger partial charge in [-0.15, -0.1) is 0 Å². The molecule has 0 spiro atoms. The minimum Gasteiger partial charge on any atom is -0.301 e. The third-order valence-electron chi connectivity index (χ3n) is 3.28. The summed E-state index contributed by atoms with van der Waals surface area (Å²) in [5, 5.41) is 13.9. The van der Waals surface area contributed by atoms with Crippen molar-refractivity contribution in [3.63, 3.8) is 0 Å². The lowest BCUT2D eigenvalue weighted by Gasteiger charge is -2.12. The van der Waals surface area contributed by atoms with Crippen LogP contribution in [0.4, 0.5) is 10.8 Å². The minimum absolute atomic E-state index is 0.0160. The molecule has 7 nitrogen and oxygen atoms in total. The smallest absolute Gasteiger partial charge is 0.270 e. The first-order chi connectivity index (χ1) is 11.6. The Labute approximate surface area is 150 Å². The molecular formula is C14H14N4O3S3. The van der Waals surface area contributed by atoms with Crippen LogP contribution in [0.3, 0.4) is 0 Å². The standard InChI is InChI=1S/C14H14N4O3S3/c1-2-10(24-14-15-5-6-22-14)12(19)17-13-16-9-4-3-8(18(20)21)7-11(9)23-13/h3-4,7,10H,2,5-6H2,1H3,(H,16,17,19). The van der Waals surface area contributed by atoms with Gasteiger partial charge in [-0.1, -0.05) is 41.8 Å². The van der Waals surface area contributed by atoms with Crippen LogP contribution in [0.15, 0.2) is 23.2 Å². The number of anilines is 1. The van der Waals surface area contributed by atoms with E-state index >= 15 is 0 Å². The Morgan fingerprint density at radius 3 is 3.04 bits per heavy atom. The summed E-state index contributed by atoms with van der Waals surface area (Å²) in [7, 11) is 0. The number of non-ortho nitro benzene ring substituents is 1. The summed E-state index contributed by atoms with van der Waals surface area (Å²) in [4.78, 5) is 31.5. The molecule has 0 bridgehead atoms. The average molecular weight is 382 g/mol. The fourth-order valence-corrected chi connectivity index (χ4v) is 5.15. The van der Waals surface area contributed by atoms with Gasteiger partial charge in [-0.05, 0) is 12.5 Å². The molecule has 1 aliphatic rings. The van der Waals surface area contributed by atoms with E-state index in [9.17, 15) is 14.9 Å². The van der Waals surface area contributed by atoms with Crippen LogP contribution in [0, 0.1) is 10.1 Å². The maximum absolute atomic E-state index is 12.4. The van der Waals surface area contributed by atoms with Crippen molar-refractivity contribution in [1.82, 2.24) is 4.98 Å². The van der Waals surface area contributed by atoms with E-state index in [0.29, 0.717) is 21.8 Å². The Balaban J connectivity index is 1.72. The molecule has 3 rings (SSSR count). The Morgan fingerprint density at radius 1 is 1.54 bits per heavy atom. The van der Waals surface area contributed by atoms with Gasteiger partial charge in [0.05, 0.1) is 26.9 Å². The molecule has 1 N–H and O–H groups in total. The van der Waals surface area contributed by atoms with Gasteiger partial charge in [-0.25, -0.2) is 4.98 Å². The molecule has 2 aromatic rings. The molecule has 0 fully saturated rings. The third kappa shape index (κ3) is 3.87. The summed E-state index contributed by atoms with van der Waals surface area (Å²) in [6.07, 6.45) is 0.687. The molecule has 0 saturated carbocycles. The van der Waals surface area contributed by atoms with Crippen molar-refractivity contribution in [2.75, 3.05) is 17.6 Å². The van der Waals surface area contributed by atoms with E-state index in [2.05, 4.69) is 15.3 Å². The molecule has 24 heavy (non-hydrogen) atoms. The van der Waals surface area contributed by atoms with Crippen molar-refractivity contribution in [2.24, 2.45) is 4.99 Å². The Kier molecular flexibility index (Phi) is 5.36. The van der Waals surface area contributed by atoms with Crippen molar-refractivity contribution in [2.45, 2.75) is 18.6 Å². The van der Waals surface area contributed by atoms with Gasteiger partial charge in [0.2, 0.25) is 5.91 Å². The van der Waals surface area contributed by atoms with Crippen molar-refractivity contribution in [3.05, 3.63) is 28.3 Å². The number of benzene rings is 1. The van der Waals surface area contributed by atoms with Crippen molar-refractivity contribution in [3.8, 4) is 0 Å². The van der Waals surface area contributed by atoms with Crippen LogP contribution in [-0.2, 0) is 4.79 Å². The van der Waals surface area contributed by atoms with Gasteiger partial charge in [-0.2, -0.15) is 0 Å². The van der Waals surface area contributed by atoms with Gasteiger partial charge in [0.1, 0.15) is 4.38 Å². The van der Waals surface area contributed by atoms with Crippen LogP contribution in [0.1, 0.15) is 13.3 Å². The van der Waals surface area contributed by atoms with Crippen molar-refractivity contribution >= 4 is 66.2 Å². The van der Waals surface area contributed by atoms with E-state index in [4.69, 9.17) is 0 Å². The predicted octanol–water partition coefficient (Wildman–Crippen LogP) is 3.76. The molecule has 1 aliphatic heterocycles. The molecule has 126 valence electrons. The van der Waals surface area contributed by atoms with Crippen LogP contribution in [-0.4, -0.2) is 37.7 Å². The first kappa shape index (κ1) is 17.2. The number of carbonyl (C=O) groups excluding carboxylic acids is 1. The number of thioether (sulfide) groups is 2. The van der Waals surface area contributed by atoms with E-state index in [0.717, 1.165) is 16.7 Å². The van der Waals surface area contributed by atoms with Gasteiger partial charge in [0, 0.05) is 17.9 Å². The number of nitro benzene ring substituents is 1. The Morgan fingerprint density at radius 2 is 2.38 bits per heavy atom. The first-order valence-electron chi connectivity index (χ1n) is 7.26. The van der Waals surface area contributed by atoms with Crippen LogP contribution in [0.5, 0.6) is 0 Å². The number of nitro groups is 1. The van der Waals surface area contributed by atoms with Crippen LogP contribution in [0.25, 0.3) is 10.2 Å². The average Bonchev–Trinajstić information content (AvgIpc) is 3.20. The molecular weight excluding hydrogens is 368 g/mol. The third-order valence-corrected chi connectivity index (χ3v) is 6.78. The predicted molar refractivity (Wildman–Crippen MR) is 101 cm³/mol. The lowest BCUT2D eigenvalue weighted by molar-refractivity contribution is -0.384. The van der Waals surface area contributed by atoms with Crippen LogP contribution >= 0.6 is 34.9 Å². The number of aromatic nitrogens is 1.